The summed E-state index contributed by atoms with van der Waals surface area (Å²) in [6, 6.07) is 15.9. The number of aromatic amines is 1. The summed E-state index contributed by atoms with van der Waals surface area (Å²) in [4.78, 5) is 19.1. The Labute approximate surface area is 231 Å². The Morgan fingerprint density at radius 2 is 1.82 bits per heavy atom. The number of benzene rings is 2. The summed E-state index contributed by atoms with van der Waals surface area (Å²) in [6.45, 7) is 4.93. The summed E-state index contributed by atoms with van der Waals surface area (Å²) in [5.41, 5.74) is 4.31. The molecule has 2 aromatic carbocycles. The zero-order valence-electron chi connectivity index (χ0n) is 22.8. The quantitative estimate of drug-likeness (QED) is 0.253. The van der Waals surface area contributed by atoms with E-state index in [1.807, 2.05) is 35.9 Å². The fourth-order valence-electron chi connectivity index (χ4n) is 5.83. The molecule has 1 aliphatic rings. The van der Waals surface area contributed by atoms with Crippen LogP contribution in [-0.4, -0.2) is 30.1 Å². The van der Waals surface area contributed by atoms with Gasteiger partial charge in [0.05, 0.1) is 18.8 Å². The van der Waals surface area contributed by atoms with Gasteiger partial charge in [-0.25, -0.2) is 9.07 Å². The van der Waals surface area contributed by atoms with Gasteiger partial charge in [0, 0.05) is 17.6 Å². The van der Waals surface area contributed by atoms with E-state index in [1.165, 1.54) is 18.6 Å². The second-order valence-corrected chi connectivity index (χ2v) is 10.9. The highest BCUT2D eigenvalue weighted by Crippen LogP contribution is 2.35. The summed E-state index contributed by atoms with van der Waals surface area (Å²) in [5.74, 6) is 1.07. The van der Waals surface area contributed by atoms with Crippen molar-refractivity contribution < 1.29 is 8.81 Å². The number of nitrogens with one attached hydrogen (secondary N) is 1. The van der Waals surface area contributed by atoms with E-state index in [0.29, 0.717) is 24.5 Å². The molecule has 40 heavy (non-hydrogen) atoms. The van der Waals surface area contributed by atoms with E-state index in [0.717, 1.165) is 59.0 Å². The molecule has 1 N–H and O–H groups in total. The van der Waals surface area contributed by atoms with Crippen LogP contribution in [0.4, 0.5) is 4.39 Å². The van der Waals surface area contributed by atoms with Crippen molar-refractivity contribution in [1.82, 2.24) is 30.1 Å². The molecule has 0 bridgehead atoms. The summed E-state index contributed by atoms with van der Waals surface area (Å²) in [7, 11) is 0. The number of nitrogens with zero attached hydrogens (tertiary/aromatic N) is 5. The summed E-state index contributed by atoms with van der Waals surface area (Å²) >= 11 is 0. The van der Waals surface area contributed by atoms with Gasteiger partial charge in [0.25, 0.3) is 5.56 Å². The standard InChI is InChI=1S/C31H33FN6O2/c1-20-15-23-17-27(31(39)33-28(23)16-21(20)2)29(30-34-35-36-38(30)25-7-4-3-5-8-25)37(19-26-9-6-14-40-26)18-22-10-12-24(32)13-11-22/h6,9-17,25,29H,3-5,7-8,18-19H2,1-2H3,(H,33,39)/t29-/m0/s1. The largest absolute Gasteiger partial charge is 0.468 e. The molecule has 1 fully saturated rings. The number of hydrogen-bond acceptors (Lipinski definition) is 6. The van der Waals surface area contributed by atoms with Crippen molar-refractivity contribution in [3.63, 3.8) is 0 Å². The highest BCUT2D eigenvalue weighted by Gasteiger charge is 2.33. The molecule has 0 spiro atoms. The van der Waals surface area contributed by atoms with E-state index in [2.05, 4.69) is 38.4 Å². The minimum Gasteiger partial charge on any atom is -0.468 e. The first-order chi connectivity index (χ1) is 19.5. The molecule has 6 rings (SSSR count). The average Bonchev–Trinajstić information content (AvgIpc) is 3.65. The van der Waals surface area contributed by atoms with Crippen molar-refractivity contribution in [2.75, 3.05) is 0 Å². The first-order valence-electron chi connectivity index (χ1n) is 13.9. The molecule has 0 aliphatic heterocycles. The topological polar surface area (TPSA) is 92.8 Å². The Morgan fingerprint density at radius 1 is 1.05 bits per heavy atom. The van der Waals surface area contributed by atoms with Crippen molar-refractivity contribution in [3.05, 3.63) is 111 Å². The van der Waals surface area contributed by atoms with Crippen LogP contribution in [-0.2, 0) is 13.1 Å². The zero-order chi connectivity index (χ0) is 27.6. The predicted molar refractivity (Wildman–Crippen MR) is 150 cm³/mol. The first-order valence-corrected chi connectivity index (χ1v) is 13.9. The molecular weight excluding hydrogens is 507 g/mol. The minimum absolute atomic E-state index is 0.168. The minimum atomic E-state index is -0.582. The van der Waals surface area contributed by atoms with E-state index >= 15 is 0 Å². The van der Waals surface area contributed by atoms with Gasteiger partial charge in [-0.2, -0.15) is 0 Å². The van der Waals surface area contributed by atoms with Gasteiger partial charge in [0.2, 0.25) is 0 Å². The third-order valence-electron chi connectivity index (χ3n) is 8.07. The lowest BCUT2D eigenvalue weighted by Crippen LogP contribution is -2.35. The monoisotopic (exact) mass is 540 g/mol. The molecule has 1 saturated carbocycles. The van der Waals surface area contributed by atoms with Gasteiger partial charge in [-0.15, -0.1) is 5.10 Å². The van der Waals surface area contributed by atoms with Crippen LogP contribution in [0.1, 0.15) is 78.0 Å². The maximum absolute atomic E-state index is 13.8. The lowest BCUT2D eigenvalue weighted by Gasteiger charge is -2.32. The van der Waals surface area contributed by atoms with E-state index in [4.69, 9.17) is 4.42 Å². The molecule has 9 heteroatoms. The molecule has 8 nitrogen and oxygen atoms in total. The van der Waals surface area contributed by atoms with E-state index in [1.54, 1.807) is 18.4 Å². The third kappa shape index (κ3) is 5.34. The number of H-pyrrole nitrogens is 1. The molecule has 3 aromatic heterocycles. The molecule has 0 unspecified atom stereocenters. The van der Waals surface area contributed by atoms with E-state index in [-0.39, 0.29) is 17.4 Å². The van der Waals surface area contributed by atoms with Crippen molar-refractivity contribution in [3.8, 4) is 0 Å². The van der Waals surface area contributed by atoms with Crippen LogP contribution in [0.15, 0.2) is 70.1 Å². The molecule has 0 saturated heterocycles. The lowest BCUT2D eigenvalue weighted by atomic mass is 9.95. The van der Waals surface area contributed by atoms with Crippen LogP contribution in [0.25, 0.3) is 10.9 Å². The van der Waals surface area contributed by atoms with Gasteiger partial charge in [0.1, 0.15) is 17.6 Å². The van der Waals surface area contributed by atoms with Gasteiger partial charge >= 0.3 is 0 Å². The van der Waals surface area contributed by atoms with E-state index < -0.39 is 6.04 Å². The van der Waals surface area contributed by atoms with Crippen LogP contribution >= 0.6 is 0 Å². The van der Waals surface area contributed by atoms with Gasteiger partial charge < -0.3 is 9.40 Å². The SMILES string of the molecule is Cc1cc2cc([C@@H](c3nnnn3C3CCCCC3)N(Cc3ccc(F)cc3)Cc3ccco3)c(=O)[nH]c2cc1C. The van der Waals surface area contributed by atoms with Crippen LogP contribution in [0.2, 0.25) is 0 Å². The van der Waals surface area contributed by atoms with Crippen molar-refractivity contribution in [1.29, 1.82) is 0 Å². The molecule has 1 aliphatic carbocycles. The molecule has 1 atom stereocenters. The molecular formula is C31H33FN6O2. The number of fused-ring (bicyclic) bond motifs is 1. The number of hydrogen-bond donors (Lipinski definition) is 1. The Balaban J connectivity index is 1.53. The number of pyridine rings is 1. The summed E-state index contributed by atoms with van der Waals surface area (Å²) in [5, 5.41) is 14.0. The number of rotatable bonds is 8. The lowest BCUT2D eigenvalue weighted by molar-refractivity contribution is 0.173. The molecule has 0 radical (unpaired) electrons. The maximum atomic E-state index is 13.8. The van der Waals surface area contributed by atoms with Gasteiger partial charge in [-0.1, -0.05) is 31.4 Å². The van der Waals surface area contributed by atoms with Crippen molar-refractivity contribution in [2.45, 2.75) is 71.1 Å². The van der Waals surface area contributed by atoms with E-state index in [9.17, 15) is 9.18 Å². The smallest absolute Gasteiger partial charge is 0.253 e. The van der Waals surface area contributed by atoms with Gasteiger partial charge in [0.15, 0.2) is 5.82 Å². The van der Waals surface area contributed by atoms with Crippen molar-refractivity contribution in [2.24, 2.45) is 0 Å². The van der Waals surface area contributed by atoms with Gasteiger partial charge in [-0.05, 0) is 102 Å². The number of aromatic nitrogens is 5. The van der Waals surface area contributed by atoms with Crippen LogP contribution in [0.3, 0.4) is 0 Å². The number of halogens is 1. The van der Waals surface area contributed by atoms with Crippen LogP contribution in [0, 0.1) is 19.7 Å². The molecule has 3 heterocycles. The Kier molecular flexibility index (Phi) is 7.30. The van der Waals surface area contributed by atoms with Crippen molar-refractivity contribution >= 4 is 10.9 Å². The normalized spacial score (nSPS) is 15.2. The third-order valence-corrected chi connectivity index (χ3v) is 8.07. The number of furan rings is 1. The second kappa shape index (κ2) is 11.2. The second-order valence-electron chi connectivity index (χ2n) is 10.9. The summed E-state index contributed by atoms with van der Waals surface area (Å²) < 4.78 is 21.5. The number of aryl methyl sites for hydroxylation is 2. The average molecular weight is 541 g/mol. The zero-order valence-corrected chi connectivity index (χ0v) is 22.8. The predicted octanol–water partition coefficient (Wildman–Crippen LogP) is 6.16. The summed E-state index contributed by atoms with van der Waals surface area (Å²) in [6.07, 6.45) is 7.07. The van der Waals surface area contributed by atoms with Crippen LogP contribution in [0.5, 0.6) is 0 Å². The maximum Gasteiger partial charge on any atom is 0.253 e. The highest BCUT2D eigenvalue weighted by atomic mass is 19.1. The highest BCUT2D eigenvalue weighted by molar-refractivity contribution is 5.81. The Hall–Kier alpha value is -4.11. The Morgan fingerprint density at radius 3 is 2.58 bits per heavy atom. The molecule has 5 aromatic rings. The fraction of sp³-hybridized carbons (Fsp3) is 0.355. The van der Waals surface area contributed by atoms with Gasteiger partial charge in [-0.3, -0.25) is 9.69 Å². The molecule has 0 amide bonds. The molecule has 206 valence electrons. The number of tetrazole rings is 1. The first kappa shape index (κ1) is 26.1. The van der Waals surface area contributed by atoms with Crippen LogP contribution < -0.4 is 5.56 Å². The Bertz CT molecular complexity index is 1650. The fourth-order valence-corrected chi connectivity index (χ4v) is 5.83.